The fraction of sp³-hybridized carbons (Fsp3) is 0.500. The molecule has 0 heterocycles. The van der Waals surface area contributed by atoms with Crippen LogP contribution in [0, 0.1) is 0 Å². The van der Waals surface area contributed by atoms with Crippen molar-refractivity contribution in [3.05, 3.63) is 28.8 Å². The second-order valence-electron chi connectivity index (χ2n) is 4.72. The summed E-state index contributed by atoms with van der Waals surface area (Å²) in [4.78, 5) is 14.0. The van der Waals surface area contributed by atoms with Crippen LogP contribution >= 0.6 is 11.6 Å². The minimum Gasteiger partial charge on any atom is -0.395 e. The van der Waals surface area contributed by atoms with Crippen LogP contribution in [0.15, 0.2) is 23.1 Å². The number of rotatable bonds is 8. The van der Waals surface area contributed by atoms with Gasteiger partial charge in [-0.2, -0.15) is 0 Å². The van der Waals surface area contributed by atoms with E-state index in [1.54, 1.807) is 0 Å². The van der Waals surface area contributed by atoms with Gasteiger partial charge in [0.15, 0.2) is 0 Å². The number of aliphatic hydroxyl groups is 1. The summed E-state index contributed by atoms with van der Waals surface area (Å²) in [7, 11) is -2.36. The molecule has 0 fully saturated rings. The third kappa shape index (κ3) is 4.67. The molecule has 1 rings (SSSR count). The van der Waals surface area contributed by atoms with Crippen molar-refractivity contribution in [3.8, 4) is 0 Å². The van der Waals surface area contributed by atoms with E-state index in [0.29, 0.717) is 6.54 Å². The van der Waals surface area contributed by atoms with Gasteiger partial charge in [0.05, 0.1) is 22.1 Å². The number of nitrogens with one attached hydrogen (secondary N) is 1. The highest BCUT2D eigenvalue weighted by molar-refractivity contribution is 7.89. The van der Waals surface area contributed by atoms with Gasteiger partial charge in [0.25, 0.3) is 5.91 Å². The molecule has 1 aromatic carbocycles. The van der Waals surface area contributed by atoms with E-state index in [1.165, 1.54) is 30.1 Å². The first kappa shape index (κ1) is 18.9. The standard InChI is InChI=1S/C14H21ClN2O4S/c1-3-4-7-17(8-9-18)14(19)12-10-11(5-6-13(12)15)22(20,21)16-2/h5-6,10,16,18H,3-4,7-9H2,1-2H3. The van der Waals surface area contributed by atoms with E-state index in [-0.39, 0.29) is 34.5 Å². The maximum absolute atomic E-state index is 12.5. The van der Waals surface area contributed by atoms with Crippen LogP contribution in [0.4, 0.5) is 0 Å². The smallest absolute Gasteiger partial charge is 0.255 e. The highest BCUT2D eigenvalue weighted by Crippen LogP contribution is 2.22. The fourth-order valence-corrected chi connectivity index (χ4v) is 2.86. The third-order valence-electron chi connectivity index (χ3n) is 3.19. The highest BCUT2D eigenvalue weighted by Gasteiger charge is 2.21. The zero-order chi connectivity index (χ0) is 16.8. The molecule has 0 aromatic heterocycles. The first-order valence-corrected chi connectivity index (χ1v) is 8.86. The van der Waals surface area contributed by atoms with Gasteiger partial charge in [-0.1, -0.05) is 24.9 Å². The fourth-order valence-electron chi connectivity index (χ4n) is 1.91. The van der Waals surface area contributed by atoms with Gasteiger partial charge in [0, 0.05) is 13.1 Å². The molecule has 2 N–H and O–H groups in total. The Labute approximate surface area is 136 Å². The molecule has 0 aliphatic carbocycles. The molecule has 0 spiro atoms. The van der Waals surface area contributed by atoms with Crippen molar-refractivity contribution in [2.75, 3.05) is 26.7 Å². The molecule has 0 aliphatic rings. The van der Waals surface area contributed by atoms with Crippen molar-refractivity contribution < 1.29 is 18.3 Å². The minimum absolute atomic E-state index is 0.0258. The Morgan fingerprint density at radius 1 is 1.36 bits per heavy atom. The van der Waals surface area contributed by atoms with E-state index in [2.05, 4.69) is 4.72 Å². The van der Waals surface area contributed by atoms with Gasteiger partial charge >= 0.3 is 0 Å². The van der Waals surface area contributed by atoms with Crippen molar-refractivity contribution >= 4 is 27.5 Å². The number of sulfonamides is 1. The first-order chi connectivity index (χ1) is 10.4. The van der Waals surface area contributed by atoms with Gasteiger partial charge in [0.2, 0.25) is 10.0 Å². The van der Waals surface area contributed by atoms with E-state index < -0.39 is 10.0 Å². The number of amides is 1. The number of carbonyl (C=O) groups excluding carboxylic acids is 1. The SMILES string of the molecule is CCCCN(CCO)C(=O)c1cc(S(=O)(=O)NC)ccc1Cl. The number of nitrogens with zero attached hydrogens (tertiary/aromatic N) is 1. The molecule has 22 heavy (non-hydrogen) atoms. The molecule has 0 saturated carbocycles. The number of aliphatic hydroxyl groups excluding tert-OH is 1. The Kier molecular flexibility index (Phi) is 7.28. The van der Waals surface area contributed by atoms with Gasteiger partial charge in [-0.05, 0) is 31.7 Å². The Morgan fingerprint density at radius 3 is 2.59 bits per heavy atom. The predicted octanol–water partition coefficient (Wildman–Crippen LogP) is 1.48. The zero-order valence-electron chi connectivity index (χ0n) is 12.7. The van der Waals surface area contributed by atoms with E-state index in [0.717, 1.165) is 12.8 Å². The average molecular weight is 349 g/mol. The highest BCUT2D eigenvalue weighted by atomic mass is 35.5. The van der Waals surface area contributed by atoms with Crippen LogP contribution in [0.25, 0.3) is 0 Å². The Bertz CT molecular complexity index is 619. The molecule has 0 unspecified atom stereocenters. The largest absolute Gasteiger partial charge is 0.395 e. The molecule has 1 amide bonds. The summed E-state index contributed by atoms with van der Waals surface area (Å²) in [6.07, 6.45) is 1.69. The van der Waals surface area contributed by atoms with Gasteiger partial charge in [-0.15, -0.1) is 0 Å². The number of carbonyl (C=O) groups is 1. The average Bonchev–Trinajstić information content (AvgIpc) is 2.51. The maximum atomic E-state index is 12.5. The normalized spacial score (nSPS) is 11.5. The van der Waals surface area contributed by atoms with E-state index in [1.807, 2.05) is 6.92 Å². The quantitative estimate of drug-likeness (QED) is 0.745. The summed E-state index contributed by atoms with van der Waals surface area (Å²) in [6, 6.07) is 3.98. The second kappa shape index (κ2) is 8.47. The summed E-state index contributed by atoms with van der Waals surface area (Å²) < 4.78 is 25.9. The van der Waals surface area contributed by atoms with Crippen LogP contribution in [0.1, 0.15) is 30.1 Å². The number of benzene rings is 1. The number of hydrogen-bond donors (Lipinski definition) is 2. The lowest BCUT2D eigenvalue weighted by Crippen LogP contribution is -2.34. The van der Waals surface area contributed by atoms with Crippen molar-refractivity contribution in [1.29, 1.82) is 0 Å². The Morgan fingerprint density at radius 2 is 2.05 bits per heavy atom. The van der Waals surface area contributed by atoms with Crippen LogP contribution in [0.5, 0.6) is 0 Å². The topological polar surface area (TPSA) is 86.7 Å². The minimum atomic E-state index is -3.65. The second-order valence-corrected chi connectivity index (χ2v) is 7.01. The number of unbranched alkanes of at least 4 members (excludes halogenated alkanes) is 1. The molecule has 1 aromatic rings. The van der Waals surface area contributed by atoms with Crippen LogP contribution in [-0.4, -0.2) is 51.1 Å². The Balaban J connectivity index is 3.17. The summed E-state index contributed by atoms with van der Waals surface area (Å²) >= 11 is 6.04. The lowest BCUT2D eigenvalue weighted by Gasteiger charge is -2.22. The summed E-state index contributed by atoms with van der Waals surface area (Å²) in [5.74, 6) is -0.388. The Hall–Kier alpha value is -1.15. The molecular weight excluding hydrogens is 328 g/mol. The van der Waals surface area contributed by atoms with Crippen molar-refractivity contribution in [1.82, 2.24) is 9.62 Å². The maximum Gasteiger partial charge on any atom is 0.255 e. The van der Waals surface area contributed by atoms with Crippen molar-refractivity contribution in [2.45, 2.75) is 24.7 Å². The molecule has 8 heteroatoms. The molecule has 0 bridgehead atoms. The third-order valence-corrected chi connectivity index (χ3v) is 4.93. The predicted molar refractivity (Wildman–Crippen MR) is 85.6 cm³/mol. The molecular formula is C14H21ClN2O4S. The molecule has 0 saturated heterocycles. The molecule has 0 radical (unpaired) electrons. The molecule has 0 aliphatic heterocycles. The summed E-state index contributed by atoms with van der Waals surface area (Å²) in [5.41, 5.74) is 0.113. The van der Waals surface area contributed by atoms with Gasteiger partial charge < -0.3 is 10.0 Å². The van der Waals surface area contributed by atoms with Gasteiger partial charge in [-0.3, -0.25) is 4.79 Å². The summed E-state index contributed by atoms with van der Waals surface area (Å²) in [5, 5.41) is 9.27. The summed E-state index contributed by atoms with van der Waals surface area (Å²) in [6.45, 7) is 2.49. The van der Waals surface area contributed by atoms with Crippen molar-refractivity contribution in [2.24, 2.45) is 0 Å². The van der Waals surface area contributed by atoms with Crippen molar-refractivity contribution in [3.63, 3.8) is 0 Å². The van der Waals surface area contributed by atoms with E-state index in [4.69, 9.17) is 16.7 Å². The van der Waals surface area contributed by atoms with Gasteiger partial charge in [-0.25, -0.2) is 13.1 Å². The monoisotopic (exact) mass is 348 g/mol. The van der Waals surface area contributed by atoms with Crippen LogP contribution in [-0.2, 0) is 10.0 Å². The van der Waals surface area contributed by atoms with Crippen LogP contribution < -0.4 is 4.72 Å². The molecule has 124 valence electrons. The van der Waals surface area contributed by atoms with Crippen LogP contribution in [0.3, 0.4) is 0 Å². The first-order valence-electron chi connectivity index (χ1n) is 7.00. The lowest BCUT2D eigenvalue weighted by atomic mass is 10.2. The number of halogens is 1. The molecule has 6 nitrogen and oxygen atoms in total. The van der Waals surface area contributed by atoms with E-state index in [9.17, 15) is 13.2 Å². The molecule has 0 atom stereocenters. The van der Waals surface area contributed by atoms with Gasteiger partial charge in [0.1, 0.15) is 0 Å². The van der Waals surface area contributed by atoms with E-state index >= 15 is 0 Å². The zero-order valence-corrected chi connectivity index (χ0v) is 14.2. The van der Waals surface area contributed by atoms with Crippen LogP contribution in [0.2, 0.25) is 5.02 Å². The lowest BCUT2D eigenvalue weighted by molar-refractivity contribution is 0.0719. The number of hydrogen-bond acceptors (Lipinski definition) is 4.